The Morgan fingerprint density at radius 1 is 1.20 bits per heavy atom. The number of nitrogen functional groups attached to an aromatic ring is 1. The highest BCUT2D eigenvalue weighted by molar-refractivity contribution is 5.95. The molecule has 2 rings (SSSR count). The highest BCUT2D eigenvalue weighted by atomic mass is 16.5. The van der Waals surface area contributed by atoms with Gasteiger partial charge in [-0.3, -0.25) is 0 Å². The first-order chi connectivity index (χ1) is 9.60. The van der Waals surface area contributed by atoms with Gasteiger partial charge < -0.3 is 15.2 Å². The van der Waals surface area contributed by atoms with Crippen LogP contribution in [0.15, 0.2) is 42.5 Å². The minimum atomic E-state index is -0.456. The number of benzene rings is 2. The molecule has 0 radical (unpaired) electrons. The van der Waals surface area contributed by atoms with Gasteiger partial charge in [-0.25, -0.2) is 4.79 Å². The third-order valence-electron chi connectivity index (χ3n) is 2.93. The van der Waals surface area contributed by atoms with Crippen molar-refractivity contribution in [3.8, 4) is 5.75 Å². The van der Waals surface area contributed by atoms with Gasteiger partial charge in [0.1, 0.15) is 12.4 Å². The van der Waals surface area contributed by atoms with Gasteiger partial charge in [-0.15, -0.1) is 0 Å². The van der Waals surface area contributed by atoms with Gasteiger partial charge in [-0.2, -0.15) is 0 Å². The lowest BCUT2D eigenvalue weighted by atomic mass is 10.1. The van der Waals surface area contributed by atoms with Crippen molar-refractivity contribution in [3.05, 3.63) is 59.2 Å². The Hall–Kier alpha value is -2.49. The number of carbonyl (C=O) groups excluding carboxylic acids is 1. The maximum Gasteiger partial charge on any atom is 0.340 e. The van der Waals surface area contributed by atoms with Crippen LogP contribution in [-0.4, -0.2) is 13.1 Å². The number of rotatable bonds is 4. The van der Waals surface area contributed by atoms with E-state index in [9.17, 15) is 4.79 Å². The standard InChI is InChI=1S/C16H17NO3/c1-11-4-3-5-12(8-11)10-20-16(18)14-9-13(19-2)6-7-15(14)17/h3-9H,10,17H2,1-2H3. The molecule has 0 saturated heterocycles. The van der Waals surface area contributed by atoms with Crippen LogP contribution < -0.4 is 10.5 Å². The Balaban J connectivity index is 2.08. The minimum Gasteiger partial charge on any atom is -0.497 e. The highest BCUT2D eigenvalue weighted by Gasteiger charge is 2.12. The molecule has 0 saturated carbocycles. The predicted molar refractivity (Wildman–Crippen MR) is 77.7 cm³/mol. The smallest absolute Gasteiger partial charge is 0.340 e. The molecule has 20 heavy (non-hydrogen) atoms. The maximum absolute atomic E-state index is 12.0. The van der Waals surface area contributed by atoms with Crippen LogP contribution in [0.3, 0.4) is 0 Å². The van der Waals surface area contributed by atoms with Crippen molar-refractivity contribution in [1.29, 1.82) is 0 Å². The van der Waals surface area contributed by atoms with Crippen LogP contribution >= 0.6 is 0 Å². The topological polar surface area (TPSA) is 61.5 Å². The maximum atomic E-state index is 12.0. The molecule has 0 bridgehead atoms. The van der Waals surface area contributed by atoms with Crippen LogP contribution in [0.1, 0.15) is 21.5 Å². The number of hydrogen-bond acceptors (Lipinski definition) is 4. The molecular weight excluding hydrogens is 254 g/mol. The second-order valence-corrected chi connectivity index (χ2v) is 4.52. The fourth-order valence-electron chi connectivity index (χ4n) is 1.87. The van der Waals surface area contributed by atoms with Gasteiger partial charge >= 0.3 is 5.97 Å². The first-order valence-corrected chi connectivity index (χ1v) is 6.26. The van der Waals surface area contributed by atoms with Gasteiger partial charge in [0.2, 0.25) is 0 Å². The van der Waals surface area contributed by atoms with Crippen LogP contribution in [0.25, 0.3) is 0 Å². The summed E-state index contributed by atoms with van der Waals surface area (Å²) in [5.74, 6) is 0.115. The van der Waals surface area contributed by atoms with E-state index in [1.54, 1.807) is 18.2 Å². The van der Waals surface area contributed by atoms with Gasteiger partial charge in [0.25, 0.3) is 0 Å². The number of ether oxygens (including phenoxy) is 2. The van der Waals surface area contributed by atoms with Gasteiger partial charge in [0.05, 0.1) is 12.7 Å². The van der Waals surface area contributed by atoms with Crippen molar-refractivity contribution in [2.24, 2.45) is 0 Å². The summed E-state index contributed by atoms with van der Waals surface area (Å²) in [7, 11) is 1.54. The zero-order valence-corrected chi connectivity index (χ0v) is 11.6. The molecule has 4 heteroatoms. The summed E-state index contributed by atoms with van der Waals surface area (Å²) in [5.41, 5.74) is 8.54. The molecule has 0 spiro atoms. The van der Waals surface area contributed by atoms with Gasteiger partial charge in [-0.05, 0) is 30.7 Å². The van der Waals surface area contributed by atoms with E-state index < -0.39 is 5.97 Å². The first kappa shape index (κ1) is 13.9. The summed E-state index contributed by atoms with van der Waals surface area (Å²) in [4.78, 5) is 12.0. The molecule has 2 N–H and O–H groups in total. The minimum absolute atomic E-state index is 0.219. The lowest BCUT2D eigenvalue weighted by molar-refractivity contribution is 0.0473. The third kappa shape index (κ3) is 3.29. The first-order valence-electron chi connectivity index (χ1n) is 6.26. The van der Waals surface area contributed by atoms with Crippen molar-refractivity contribution < 1.29 is 14.3 Å². The molecule has 0 aliphatic carbocycles. The lowest BCUT2D eigenvalue weighted by Crippen LogP contribution is -2.08. The van der Waals surface area contributed by atoms with Crippen LogP contribution in [-0.2, 0) is 11.3 Å². The summed E-state index contributed by atoms with van der Waals surface area (Å²) in [6.07, 6.45) is 0. The number of aryl methyl sites for hydroxylation is 1. The van der Waals surface area contributed by atoms with Crippen LogP contribution in [0, 0.1) is 6.92 Å². The van der Waals surface area contributed by atoms with E-state index in [-0.39, 0.29) is 6.61 Å². The van der Waals surface area contributed by atoms with Crippen LogP contribution in [0.2, 0.25) is 0 Å². The lowest BCUT2D eigenvalue weighted by Gasteiger charge is -2.09. The number of methoxy groups -OCH3 is 1. The number of nitrogens with two attached hydrogens (primary N) is 1. The van der Waals surface area contributed by atoms with E-state index >= 15 is 0 Å². The van der Waals surface area contributed by atoms with E-state index in [0.717, 1.165) is 11.1 Å². The molecule has 0 aromatic heterocycles. The Morgan fingerprint density at radius 2 is 2.00 bits per heavy atom. The SMILES string of the molecule is COc1ccc(N)c(C(=O)OCc2cccc(C)c2)c1. The number of carbonyl (C=O) groups is 1. The highest BCUT2D eigenvalue weighted by Crippen LogP contribution is 2.20. The molecule has 0 amide bonds. The molecule has 0 atom stereocenters. The molecule has 2 aromatic carbocycles. The molecule has 0 unspecified atom stereocenters. The molecule has 0 aliphatic rings. The summed E-state index contributed by atoms with van der Waals surface area (Å²) >= 11 is 0. The molecule has 4 nitrogen and oxygen atoms in total. The summed E-state index contributed by atoms with van der Waals surface area (Å²) in [6.45, 7) is 2.21. The Morgan fingerprint density at radius 3 is 2.70 bits per heavy atom. The average molecular weight is 271 g/mol. The second-order valence-electron chi connectivity index (χ2n) is 4.52. The van der Waals surface area contributed by atoms with Gasteiger partial charge in [-0.1, -0.05) is 29.8 Å². The largest absolute Gasteiger partial charge is 0.497 e. The number of hydrogen-bond donors (Lipinski definition) is 1. The summed E-state index contributed by atoms with van der Waals surface area (Å²) < 4.78 is 10.4. The fourth-order valence-corrected chi connectivity index (χ4v) is 1.87. The van der Waals surface area contributed by atoms with Crippen LogP contribution in [0.4, 0.5) is 5.69 Å². The van der Waals surface area contributed by atoms with E-state index in [4.69, 9.17) is 15.2 Å². The van der Waals surface area contributed by atoms with Crippen molar-refractivity contribution >= 4 is 11.7 Å². The predicted octanol–water partition coefficient (Wildman–Crippen LogP) is 2.94. The zero-order valence-electron chi connectivity index (χ0n) is 11.6. The summed E-state index contributed by atoms with van der Waals surface area (Å²) in [6, 6.07) is 12.7. The molecule has 2 aromatic rings. The zero-order chi connectivity index (χ0) is 14.5. The fraction of sp³-hybridized carbons (Fsp3) is 0.188. The third-order valence-corrected chi connectivity index (χ3v) is 2.93. The molecule has 104 valence electrons. The van der Waals surface area contributed by atoms with Crippen molar-refractivity contribution in [2.45, 2.75) is 13.5 Å². The second kappa shape index (κ2) is 6.10. The van der Waals surface area contributed by atoms with E-state index in [1.165, 1.54) is 7.11 Å². The van der Waals surface area contributed by atoms with Crippen molar-refractivity contribution in [3.63, 3.8) is 0 Å². The molecule has 0 aliphatic heterocycles. The van der Waals surface area contributed by atoms with Crippen molar-refractivity contribution in [2.75, 3.05) is 12.8 Å². The Kier molecular flexibility index (Phi) is 4.25. The Labute approximate surface area is 118 Å². The van der Waals surface area contributed by atoms with E-state index in [2.05, 4.69) is 0 Å². The van der Waals surface area contributed by atoms with Gasteiger partial charge in [0, 0.05) is 5.69 Å². The normalized spacial score (nSPS) is 10.1. The van der Waals surface area contributed by atoms with Gasteiger partial charge in [0.15, 0.2) is 0 Å². The number of anilines is 1. The molecule has 0 fully saturated rings. The summed E-state index contributed by atoms with van der Waals surface area (Å²) in [5, 5.41) is 0. The molecule has 0 heterocycles. The molecular formula is C16H17NO3. The Bertz CT molecular complexity index is 623. The quantitative estimate of drug-likeness (QED) is 0.686. The monoisotopic (exact) mass is 271 g/mol. The average Bonchev–Trinajstić information content (AvgIpc) is 2.45. The van der Waals surface area contributed by atoms with E-state index in [0.29, 0.717) is 17.0 Å². The van der Waals surface area contributed by atoms with Crippen molar-refractivity contribution in [1.82, 2.24) is 0 Å². The van der Waals surface area contributed by atoms with E-state index in [1.807, 2.05) is 31.2 Å². The number of esters is 1. The van der Waals surface area contributed by atoms with Crippen LogP contribution in [0.5, 0.6) is 5.75 Å².